The van der Waals surface area contributed by atoms with Crippen LogP contribution in [0.25, 0.3) is 0 Å². The van der Waals surface area contributed by atoms with Crippen LogP contribution in [0, 0.1) is 11.8 Å². The molecule has 0 aromatic rings. The molecule has 0 aromatic heterocycles. The van der Waals surface area contributed by atoms with Gasteiger partial charge in [0.25, 0.3) is 0 Å². The molecule has 0 aliphatic carbocycles. The highest BCUT2D eigenvalue weighted by atomic mass is 15.1. The highest BCUT2D eigenvalue weighted by Gasteiger charge is 2.11. The fraction of sp³-hybridized carbons (Fsp3) is 0.907. The second-order valence-electron chi connectivity index (χ2n) is 15.1. The molecule has 0 saturated carbocycles. The van der Waals surface area contributed by atoms with Crippen molar-refractivity contribution in [3.63, 3.8) is 0 Å². The zero-order chi connectivity index (χ0) is 32.5. The van der Waals surface area contributed by atoms with Crippen LogP contribution < -0.4 is 0 Å². The fourth-order valence-electron chi connectivity index (χ4n) is 6.95. The molecule has 0 rings (SSSR count). The number of unbranched alkanes of at least 4 members (excludes halogenated alkanes) is 16. The van der Waals surface area contributed by atoms with E-state index in [2.05, 4.69) is 52.7 Å². The van der Waals surface area contributed by atoms with Gasteiger partial charge in [-0.25, -0.2) is 0 Å². The van der Waals surface area contributed by atoms with E-state index >= 15 is 0 Å². The number of hydrogen-bond donors (Lipinski definition) is 0. The van der Waals surface area contributed by atoms with Gasteiger partial charge in [-0.15, -0.1) is 0 Å². The topological polar surface area (TPSA) is 3.24 Å². The van der Waals surface area contributed by atoms with Crippen molar-refractivity contribution in [1.82, 2.24) is 4.90 Å². The molecule has 0 amide bonds. The Labute approximate surface area is 280 Å². The van der Waals surface area contributed by atoms with E-state index in [4.69, 9.17) is 0 Å². The van der Waals surface area contributed by atoms with E-state index in [1.165, 1.54) is 211 Å². The molecule has 0 aliphatic rings. The third-order valence-electron chi connectivity index (χ3n) is 9.87. The molecule has 0 bridgehead atoms. The molecular formula is C43H85N. The lowest BCUT2D eigenvalue weighted by Gasteiger charge is -2.22. The van der Waals surface area contributed by atoms with Crippen molar-refractivity contribution < 1.29 is 0 Å². The van der Waals surface area contributed by atoms with Crippen molar-refractivity contribution >= 4 is 0 Å². The van der Waals surface area contributed by atoms with Crippen LogP contribution in [-0.2, 0) is 0 Å². The van der Waals surface area contributed by atoms with Crippen LogP contribution in [0.4, 0.5) is 0 Å². The van der Waals surface area contributed by atoms with Crippen molar-refractivity contribution in [3.05, 3.63) is 24.3 Å². The van der Waals surface area contributed by atoms with Gasteiger partial charge in [-0.1, -0.05) is 181 Å². The first-order chi connectivity index (χ1) is 21.4. The zero-order valence-corrected chi connectivity index (χ0v) is 31.6. The molecule has 0 N–H and O–H groups in total. The first kappa shape index (κ1) is 43.4. The van der Waals surface area contributed by atoms with Crippen LogP contribution in [0.15, 0.2) is 24.3 Å². The Morgan fingerprint density at radius 1 is 0.432 bits per heavy atom. The third-order valence-corrected chi connectivity index (χ3v) is 9.87. The average Bonchev–Trinajstić information content (AvgIpc) is 2.99. The highest BCUT2D eigenvalue weighted by Crippen LogP contribution is 2.27. The predicted molar refractivity (Wildman–Crippen MR) is 204 cm³/mol. The minimum absolute atomic E-state index is 0.831. The fourth-order valence-corrected chi connectivity index (χ4v) is 6.95. The molecule has 0 heterocycles. The van der Waals surface area contributed by atoms with Crippen LogP contribution >= 0.6 is 0 Å². The van der Waals surface area contributed by atoms with E-state index in [0.717, 1.165) is 11.8 Å². The van der Waals surface area contributed by atoms with Gasteiger partial charge in [0, 0.05) is 0 Å². The zero-order valence-electron chi connectivity index (χ0n) is 31.6. The Bertz CT molecular complexity index is 588. The average molecular weight is 616 g/mol. The highest BCUT2D eigenvalue weighted by molar-refractivity contribution is 4.96. The van der Waals surface area contributed by atoms with Gasteiger partial charge in [-0.3, -0.25) is 0 Å². The van der Waals surface area contributed by atoms with Crippen LogP contribution in [0.1, 0.15) is 221 Å². The number of rotatable bonds is 36. The molecular weight excluding hydrogens is 530 g/mol. The molecule has 1 nitrogen and oxygen atoms in total. The second-order valence-corrected chi connectivity index (χ2v) is 15.1. The molecule has 44 heavy (non-hydrogen) atoms. The van der Waals surface area contributed by atoms with Gasteiger partial charge in [0.05, 0.1) is 0 Å². The second kappa shape index (κ2) is 33.8. The van der Waals surface area contributed by atoms with Crippen LogP contribution in [0.3, 0.4) is 0 Å². The maximum atomic E-state index is 4.59. The van der Waals surface area contributed by atoms with Crippen LogP contribution in [0.5, 0.6) is 0 Å². The largest absolute Gasteiger partial charge is 0.303 e. The summed E-state index contributed by atoms with van der Waals surface area (Å²) in [7, 11) is 0. The summed E-state index contributed by atoms with van der Waals surface area (Å²) in [5, 5.41) is 0. The Hall–Kier alpha value is -0.560. The lowest BCUT2D eigenvalue weighted by Crippen LogP contribution is -2.27. The molecule has 0 aliphatic heterocycles. The van der Waals surface area contributed by atoms with Gasteiger partial charge in [0.1, 0.15) is 0 Å². The Morgan fingerprint density at radius 2 is 0.864 bits per heavy atom. The summed E-state index contributed by atoms with van der Waals surface area (Å²) in [5.74, 6) is 1.72. The summed E-state index contributed by atoms with van der Waals surface area (Å²) in [4.78, 5) is 2.75. The van der Waals surface area contributed by atoms with Gasteiger partial charge in [0.2, 0.25) is 0 Å². The molecule has 0 fully saturated rings. The first-order valence-electron chi connectivity index (χ1n) is 20.5. The molecule has 0 atom stereocenters. The van der Waals surface area contributed by atoms with E-state index in [-0.39, 0.29) is 0 Å². The predicted octanol–water partition coefficient (Wildman–Crippen LogP) is 15.0. The molecule has 0 radical (unpaired) electrons. The monoisotopic (exact) mass is 616 g/mol. The van der Waals surface area contributed by atoms with E-state index in [1.54, 1.807) is 5.57 Å². The van der Waals surface area contributed by atoms with Gasteiger partial charge in [0.15, 0.2) is 0 Å². The van der Waals surface area contributed by atoms with Gasteiger partial charge < -0.3 is 4.90 Å². The van der Waals surface area contributed by atoms with Crippen molar-refractivity contribution in [2.75, 3.05) is 19.6 Å². The molecule has 262 valence electrons. The lowest BCUT2D eigenvalue weighted by molar-refractivity contribution is 0.261. The molecule has 0 saturated heterocycles. The van der Waals surface area contributed by atoms with Crippen LogP contribution in [-0.4, -0.2) is 24.5 Å². The van der Waals surface area contributed by atoms with Crippen molar-refractivity contribution in [2.24, 2.45) is 11.8 Å². The quantitative estimate of drug-likeness (QED) is 0.0500. The number of nitrogens with zero attached hydrogens (tertiary/aromatic N) is 1. The van der Waals surface area contributed by atoms with Gasteiger partial charge >= 0.3 is 0 Å². The third kappa shape index (κ3) is 31.4. The molecule has 1 heteroatoms. The molecule has 0 unspecified atom stereocenters. The molecule has 0 spiro atoms. The Kier molecular flexibility index (Phi) is 33.4. The number of allylic oxidation sites excluding steroid dienone is 2. The summed E-state index contributed by atoms with van der Waals surface area (Å²) >= 11 is 0. The first-order valence-corrected chi connectivity index (χ1v) is 20.5. The van der Waals surface area contributed by atoms with Gasteiger partial charge in [-0.2, -0.15) is 0 Å². The van der Waals surface area contributed by atoms with Gasteiger partial charge in [-0.05, 0) is 95.7 Å². The maximum Gasteiger partial charge on any atom is -0.00186 e. The lowest BCUT2D eigenvalue weighted by atomic mass is 9.87. The van der Waals surface area contributed by atoms with E-state index in [1.807, 2.05) is 0 Å². The van der Waals surface area contributed by atoms with E-state index < -0.39 is 0 Å². The Balaban J connectivity index is 4.11. The van der Waals surface area contributed by atoms with Crippen molar-refractivity contribution in [2.45, 2.75) is 221 Å². The summed E-state index contributed by atoms with van der Waals surface area (Å²) in [5.41, 5.74) is 3.04. The standard InChI is InChI=1S/C43H85N/c1-8-11-13-15-20-24-34-43(35-25-21-16-14-12-9-2)39-42(7)32-26-28-38-44(36-10-3)37-27-22-18-17-19-23-31-41(6)33-29-30-40(4)5/h40,43H,6-39H2,1-5H3. The Morgan fingerprint density at radius 3 is 1.41 bits per heavy atom. The maximum absolute atomic E-state index is 4.59. The summed E-state index contributed by atoms with van der Waals surface area (Å²) in [6.45, 7) is 24.4. The van der Waals surface area contributed by atoms with Crippen molar-refractivity contribution in [1.29, 1.82) is 0 Å². The summed E-state index contributed by atoms with van der Waals surface area (Å²) in [6.07, 6.45) is 40.1. The summed E-state index contributed by atoms with van der Waals surface area (Å²) in [6, 6.07) is 0. The smallest absolute Gasteiger partial charge is 0.00186 e. The van der Waals surface area contributed by atoms with E-state index in [0.29, 0.717) is 0 Å². The minimum atomic E-state index is 0.831. The van der Waals surface area contributed by atoms with E-state index in [9.17, 15) is 0 Å². The SMILES string of the molecule is C=C(CCCCCCCCN(CCC)CCCCC(=C)CC(CCCCCCCC)CCCCCCCC)CCCC(C)C. The minimum Gasteiger partial charge on any atom is -0.303 e. The summed E-state index contributed by atoms with van der Waals surface area (Å²) < 4.78 is 0. The van der Waals surface area contributed by atoms with Crippen LogP contribution in [0.2, 0.25) is 0 Å². The van der Waals surface area contributed by atoms with Crippen molar-refractivity contribution in [3.8, 4) is 0 Å². The normalized spacial score (nSPS) is 11.8. The molecule has 0 aromatic carbocycles. The number of hydrogen-bond acceptors (Lipinski definition) is 1.